The van der Waals surface area contributed by atoms with Crippen molar-refractivity contribution in [3.63, 3.8) is 0 Å². The predicted molar refractivity (Wildman–Crippen MR) is 110 cm³/mol. The Balaban J connectivity index is 2.00. The summed E-state index contributed by atoms with van der Waals surface area (Å²) < 4.78 is 40.9. The van der Waals surface area contributed by atoms with Crippen molar-refractivity contribution in [2.45, 2.75) is 97.0 Å². The number of phosphoric ester groups is 1. The first-order valence-corrected chi connectivity index (χ1v) is 12.0. The molecule has 1 saturated heterocycles. The Morgan fingerprint density at radius 3 is 2.45 bits per heavy atom. The molecule has 0 aromatic carbocycles. The van der Waals surface area contributed by atoms with E-state index in [0.29, 0.717) is 19.4 Å². The Bertz CT molecular complexity index is 599. The normalized spacial score (nSPS) is 37.2. The van der Waals surface area contributed by atoms with Gasteiger partial charge in [-0.15, -0.1) is 0 Å². The van der Waals surface area contributed by atoms with Crippen LogP contribution in [0.5, 0.6) is 0 Å². The SMILES string of the molecule is C=C(OP(=O)(O)O[C@@H]1C[C@H](C)C(N)[C@@H]1COC(C)C)[C@H]1O[C@@H](C)C[C@H]1OC(C)C. The molecular formula is C20H38NO7P. The van der Waals surface area contributed by atoms with E-state index in [1.807, 2.05) is 41.5 Å². The van der Waals surface area contributed by atoms with Crippen molar-refractivity contribution in [2.24, 2.45) is 17.6 Å². The molecule has 3 N–H and O–H groups in total. The van der Waals surface area contributed by atoms with Crippen molar-refractivity contribution < 1.29 is 32.7 Å². The molecule has 8 atom stereocenters. The quantitative estimate of drug-likeness (QED) is 0.397. The highest BCUT2D eigenvalue weighted by atomic mass is 31.2. The minimum atomic E-state index is -4.41. The number of nitrogens with two attached hydrogens (primary N) is 1. The molecule has 2 fully saturated rings. The molecule has 170 valence electrons. The zero-order valence-corrected chi connectivity index (χ0v) is 19.3. The van der Waals surface area contributed by atoms with Crippen molar-refractivity contribution in [2.75, 3.05) is 6.61 Å². The fourth-order valence-electron chi connectivity index (χ4n) is 4.01. The first-order chi connectivity index (χ1) is 13.4. The Hall–Kier alpha value is -0.470. The first-order valence-electron chi connectivity index (χ1n) is 10.5. The lowest BCUT2D eigenvalue weighted by atomic mass is 10.0. The smallest absolute Gasteiger partial charge is 0.406 e. The third-order valence-corrected chi connectivity index (χ3v) is 6.40. The van der Waals surface area contributed by atoms with Crippen LogP contribution in [0.15, 0.2) is 12.3 Å². The fraction of sp³-hybridized carbons (Fsp3) is 0.900. The van der Waals surface area contributed by atoms with Crippen molar-refractivity contribution in [1.82, 2.24) is 0 Å². The lowest BCUT2D eigenvalue weighted by Crippen LogP contribution is -2.37. The van der Waals surface area contributed by atoms with E-state index < -0.39 is 20.0 Å². The number of hydrogen-bond donors (Lipinski definition) is 2. The van der Waals surface area contributed by atoms with Gasteiger partial charge in [0.1, 0.15) is 11.9 Å². The van der Waals surface area contributed by atoms with Crippen LogP contribution in [-0.2, 0) is 27.8 Å². The van der Waals surface area contributed by atoms with Crippen LogP contribution in [0.2, 0.25) is 0 Å². The molecule has 0 amide bonds. The van der Waals surface area contributed by atoms with Gasteiger partial charge in [0.15, 0.2) is 0 Å². The molecule has 8 nitrogen and oxygen atoms in total. The van der Waals surface area contributed by atoms with Gasteiger partial charge >= 0.3 is 7.82 Å². The van der Waals surface area contributed by atoms with Gasteiger partial charge in [0.2, 0.25) is 0 Å². The summed E-state index contributed by atoms with van der Waals surface area (Å²) in [6, 6.07) is -0.176. The summed E-state index contributed by atoms with van der Waals surface area (Å²) in [7, 11) is -4.41. The molecule has 2 rings (SSSR count). The maximum absolute atomic E-state index is 12.7. The van der Waals surface area contributed by atoms with E-state index in [0.717, 1.165) is 0 Å². The van der Waals surface area contributed by atoms with Crippen molar-refractivity contribution in [1.29, 1.82) is 0 Å². The van der Waals surface area contributed by atoms with E-state index >= 15 is 0 Å². The molecule has 1 aliphatic heterocycles. The third-order valence-electron chi connectivity index (χ3n) is 5.40. The number of hydrogen-bond acceptors (Lipinski definition) is 7. The molecule has 1 aliphatic carbocycles. The largest absolute Gasteiger partial charge is 0.527 e. The van der Waals surface area contributed by atoms with Crippen LogP contribution in [-0.4, -0.2) is 54.2 Å². The maximum atomic E-state index is 12.7. The van der Waals surface area contributed by atoms with E-state index in [9.17, 15) is 9.46 Å². The molecule has 0 aromatic heterocycles. The second-order valence-corrected chi connectivity index (χ2v) is 10.2. The molecule has 0 bridgehead atoms. The van der Waals surface area contributed by atoms with Crippen LogP contribution in [0.25, 0.3) is 0 Å². The lowest BCUT2D eigenvalue weighted by molar-refractivity contribution is -0.0437. The minimum absolute atomic E-state index is 0.00967. The summed E-state index contributed by atoms with van der Waals surface area (Å²) in [6.07, 6.45) is -0.261. The third kappa shape index (κ3) is 7.03. The summed E-state index contributed by atoms with van der Waals surface area (Å²) in [5, 5.41) is 0. The van der Waals surface area contributed by atoms with Gasteiger partial charge in [0.05, 0.1) is 37.1 Å². The molecular weight excluding hydrogens is 397 g/mol. The predicted octanol–water partition coefficient (Wildman–Crippen LogP) is 3.38. The average molecular weight is 435 g/mol. The van der Waals surface area contributed by atoms with E-state index in [2.05, 4.69) is 6.58 Å². The Morgan fingerprint density at radius 2 is 1.86 bits per heavy atom. The van der Waals surface area contributed by atoms with Gasteiger partial charge in [0, 0.05) is 18.4 Å². The summed E-state index contributed by atoms with van der Waals surface area (Å²) in [6.45, 7) is 15.8. The molecule has 2 aliphatic rings. The van der Waals surface area contributed by atoms with Crippen molar-refractivity contribution >= 4 is 7.82 Å². The second-order valence-electron chi connectivity index (χ2n) is 8.83. The average Bonchev–Trinajstić information content (AvgIpc) is 3.04. The van der Waals surface area contributed by atoms with Gasteiger partial charge < -0.3 is 24.5 Å². The van der Waals surface area contributed by atoms with E-state index in [4.69, 9.17) is 29.0 Å². The van der Waals surface area contributed by atoms with Gasteiger partial charge in [-0.25, -0.2) is 4.57 Å². The van der Waals surface area contributed by atoms with E-state index in [-0.39, 0.29) is 48.1 Å². The van der Waals surface area contributed by atoms with Crippen molar-refractivity contribution in [3.05, 3.63) is 12.3 Å². The molecule has 1 saturated carbocycles. The fourth-order valence-corrected chi connectivity index (χ4v) is 5.04. The van der Waals surface area contributed by atoms with Crippen LogP contribution < -0.4 is 5.73 Å². The van der Waals surface area contributed by atoms with Crippen LogP contribution in [0, 0.1) is 11.8 Å². The lowest BCUT2D eigenvalue weighted by Gasteiger charge is -2.27. The highest BCUT2D eigenvalue weighted by Crippen LogP contribution is 2.51. The minimum Gasteiger partial charge on any atom is -0.406 e. The Kier molecular flexibility index (Phi) is 8.74. The maximum Gasteiger partial charge on any atom is 0.527 e. The van der Waals surface area contributed by atoms with E-state index in [1.165, 1.54) is 0 Å². The van der Waals surface area contributed by atoms with Crippen LogP contribution in [0.3, 0.4) is 0 Å². The highest BCUT2D eigenvalue weighted by molar-refractivity contribution is 7.47. The van der Waals surface area contributed by atoms with Gasteiger partial charge in [0.25, 0.3) is 0 Å². The number of rotatable bonds is 10. The van der Waals surface area contributed by atoms with Gasteiger partial charge in [-0.1, -0.05) is 13.5 Å². The van der Waals surface area contributed by atoms with Crippen molar-refractivity contribution in [3.8, 4) is 0 Å². The topological polar surface area (TPSA) is 109 Å². The summed E-state index contributed by atoms with van der Waals surface area (Å²) in [5.74, 6) is -0.00697. The monoisotopic (exact) mass is 435 g/mol. The second kappa shape index (κ2) is 10.2. The zero-order chi connectivity index (χ0) is 21.9. The van der Waals surface area contributed by atoms with Gasteiger partial charge in [-0.05, 0) is 47.0 Å². The summed E-state index contributed by atoms with van der Waals surface area (Å²) in [5.41, 5.74) is 6.27. The summed E-state index contributed by atoms with van der Waals surface area (Å²) >= 11 is 0. The molecule has 29 heavy (non-hydrogen) atoms. The summed E-state index contributed by atoms with van der Waals surface area (Å²) in [4.78, 5) is 10.4. The highest BCUT2D eigenvalue weighted by Gasteiger charge is 2.45. The van der Waals surface area contributed by atoms with Gasteiger partial charge in [-0.2, -0.15) is 0 Å². The van der Waals surface area contributed by atoms with E-state index in [1.54, 1.807) is 0 Å². The standard InChI is InChI=1S/C20H38NO7P/c1-11(2)24-10-16-17(8-13(5)19(16)21)28-29(22,23)27-15(7)20-18(25-12(3)4)9-14(6)26-20/h11-14,16-20H,7-10,21H2,1-6H3,(H,22,23)/t13-,14-,16+,17+,18+,19?,20+/m0/s1. The molecule has 1 heterocycles. The van der Waals surface area contributed by atoms with Crippen LogP contribution in [0.4, 0.5) is 0 Å². The number of phosphoric acid groups is 1. The molecule has 2 unspecified atom stereocenters. The molecule has 0 spiro atoms. The Labute approximate surface area is 174 Å². The molecule has 0 radical (unpaired) electrons. The zero-order valence-electron chi connectivity index (χ0n) is 18.4. The first kappa shape index (κ1) is 24.8. The van der Waals surface area contributed by atoms with Gasteiger partial charge in [-0.3, -0.25) is 9.42 Å². The molecule has 0 aromatic rings. The molecule has 9 heteroatoms. The Morgan fingerprint density at radius 1 is 1.21 bits per heavy atom. The van der Waals surface area contributed by atoms with Crippen LogP contribution >= 0.6 is 7.82 Å². The van der Waals surface area contributed by atoms with Crippen LogP contribution in [0.1, 0.15) is 54.4 Å². The number of ether oxygens (including phenoxy) is 3.